The minimum atomic E-state index is 0. The molecule has 3 N–H and O–H groups in total. The average Bonchev–Trinajstić information content (AvgIpc) is 1.69. The zero-order chi connectivity index (χ0) is 97.1. The molecule has 0 bridgehead atoms. The molecule has 3 radical (unpaired) electrons. The molecule has 0 atom stereocenters. The van der Waals surface area contributed by atoms with Crippen LogP contribution in [-0.2, 0) is 85.5 Å². The Morgan fingerprint density at radius 3 is 0.881 bits per heavy atom. The molecular formula is C119H154Ir3N3O6S3-3. The standard InChI is InChI=1S/C29H32NS.C27H28NS.C24H22NS.3C13H24O2.3Ir/c1-18-9-19(2)11-20(10-18)25-16-27-22(17-30-25)14-26(31-27)21-12-23(28(3,4)5)15-24(13-21)29(6,7)8;1-16(2)22-8-7-9-23(17(3)4)27(22)26-13-21-15-28-24(14-25(21)29-26)20-11-18(5)10-19(6)12-20;1-15(2)18-5-7-19(8-6-18)23-12-21-14-25-22(13-24(21)26-23)20-10-16(3)9-17(4)11-20;3*1-5-10(6-2)12(14)9-13(15)11(7-3)8-4;;;/h9-10,12-17H,1-8H3;7-11,13-17H,1-6H3;5-10,12-15H,1-4H3;3*9-11,14H,5-8H2,1-4H3;;;/q3*-1;;;;;;. The molecule has 12 rings (SSSR count). The Bertz CT molecular complexity index is 5590. The van der Waals surface area contributed by atoms with E-state index in [2.05, 4.69) is 281 Å². The number of rotatable bonds is 30. The number of hydrogen-bond donors (Lipinski definition) is 3. The number of allylic oxidation sites excluding steroid dienone is 6. The topological polar surface area (TPSA) is 151 Å². The Balaban J connectivity index is 0.000000344. The second-order valence-corrected chi connectivity index (χ2v) is 41.9. The van der Waals surface area contributed by atoms with Gasteiger partial charge < -0.3 is 30.3 Å². The van der Waals surface area contributed by atoms with Crippen LogP contribution in [0.15, 0.2) is 188 Å². The number of aromatic nitrogens is 3. The van der Waals surface area contributed by atoms with Crippen LogP contribution in [0.2, 0.25) is 0 Å². The van der Waals surface area contributed by atoms with Crippen molar-refractivity contribution in [3.05, 3.63) is 267 Å². The fourth-order valence-electron chi connectivity index (χ4n) is 16.6. The molecule has 12 aromatic rings. The fraction of sp³-hybridized carbons (Fsp3) is 0.445. The zero-order valence-corrected chi connectivity index (χ0v) is 95.6. The first-order valence-corrected chi connectivity index (χ1v) is 50.9. The molecule has 0 aliphatic heterocycles. The second-order valence-electron chi connectivity index (χ2n) is 38.6. The van der Waals surface area contributed by atoms with E-state index in [-0.39, 0.29) is 141 Å². The monoisotopic (exact) mass is 2400 g/mol. The number of aliphatic hydroxyl groups is 3. The van der Waals surface area contributed by atoms with Crippen molar-refractivity contribution in [2.75, 3.05) is 0 Å². The largest absolute Gasteiger partial charge is 0.512 e. The van der Waals surface area contributed by atoms with Crippen LogP contribution in [0.5, 0.6) is 0 Å². The molecule has 0 saturated carbocycles. The van der Waals surface area contributed by atoms with E-state index in [4.69, 9.17) is 9.97 Å². The van der Waals surface area contributed by atoms with Crippen molar-refractivity contribution in [3.63, 3.8) is 0 Å². The summed E-state index contributed by atoms with van der Waals surface area (Å²) in [6.07, 6.45) is 20.7. The van der Waals surface area contributed by atoms with Gasteiger partial charge in [0.05, 0.1) is 17.3 Å². The number of hydrogen-bond acceptors (Lipinski definition) is 12. The van der Waals surface area contributed by atoms with Crippen molar-refractivity contribution in [2.24, 2.45) is 35.5 Å². The number of carbonyl (C=O) groups is 3. The molecule has 134 heavy (non-hydrogen) atoms. The van der Waals surface area contributed by atoms with Crippen LogP contribution in [-0.4, -0.2) is 47.6 Å². The number of aliphatic hydroxyl groups excluding tert-OH is 3. The van der Waals surface area contributed by atoms with Crippen molar-refractivity contribution in [1.29, 1.82) is 0 Å². The van der Waals surface area contributed by atoms with Gasteiger partial charge in [0.2, 0.25) is 0 Å². The van der Waals surface area contributed by atoms with Gasteiger partial charge in [0.15, 0.2) is 17.3 Å². The quantitative estimate of drug-likeness (QED) is 0.0227. The van der Waals surface area contributed by atoms with Gasteiger partial charge in [-0.1, -0.05) is 274 Å². The number of ketones is 3. The van der Waals surface area contributed by atoms with Gasteiger partial charge >= 0.3 is 0 Å². The summed E-state index contributed by atoms with van der Waals surface area (Å²) in [6.45, 7) is 64.2. The van der Waals surface area contributed by atoms with Crippen molar-refractivity contribution < 1.29 is 90.0 Å². The summed E-state index contributed by atoms with van der Waals surface area (Å²) in [5, 5.41) is 32.9. The summed E-state index contributed by atoms with van der Waals surface area (Å²) in [5.74, 6) is 3.19. The molecule has 0 spiro atoms. The molecule has 0 aliphatic rings. The van der Waals surface area contributed by atoms with E-state index >= 15 is 0 Å². The van der Waals surface area contributed by atoms with Gasteiger partial charge in [0.1, 0.15) is 0 Å². The van der Waals surface area contributed by atoms with E-state index in [1.165, 1.54) is 124 Å². The van der Waals surface area contributed by atoms with Gasteiger partial charge in [-0.2, -0.15) is 0 Å². The molecule has 729 valence electrons. The summed E-state index contributed by atoms with van der Waals surface area (Å²) in [5.41, 5.74) is 24.6. The molecule has 6 aromatic heterocycles. The number of pyridine rings is 3. The summed E-state index contributed by atoms with van der Waals surface area (Å²) in [7, 11) is 0. The zero-order valence-electron chi connectivity index (χ0n) is 86.0. The predicted octanol–water partition coefficient (Wildman–Crippen LogP) is 35.7. The number of thiophene rings is 3. The van der Waals surface area contributed by atoms with Gasteiger partial charge in [-0.15, -0.1) is 139 Å². The normalized spacial score (nSPS) is 11.9. The first kappa shape index (κ1) is 119. The van der Waals surface area contributed by atoms with E-state index in [1.807, 2.05) is 136 Å². The maximum atomic E-state index is 11.7. The van der Waals surface area contributed by atoms with Gasteiger partial charge in [-0.3, -0.25) is 14.4 Å². The maximum absolute atomic E-state index is 11.7. The Kier molecular flexibility index (Phi) is 49.8. The van der Waals surface area contributed by atoms with Crippen LogP contribution >= 0.6 is 34.0 Å². The third-order valence-corrected chi connectivity index (χ3v) is 28.6. The summed E-state index contributed by atoms with van der Waals surface area (Å²) < 4.78 is 3.82. The number of fused-ring (bicyclic) bond motifs is 3. The summed E-state index contributed by atoms with van der Waals surface area (Å²) in [4.78, 5) is 53.3. The maximum Gasteiger partial charge on any atom is 0.162 e. The Morgan fingerprint density at radius 2 is 0.619 bits per heavy atom. The molecule has 6 heterocycles. The van der Waals surface area contributed by atoms with Crippen LogP contribution in [0.25, 0.3) is 95.4 Å². The molecule has 15 heteroatoms. The minimum Gasteiger partial charge on any atom is -0.512 e. The number of carbonyl (C=O) groups excluding carboxylic acids is 3. The summed E-state index contributed by atoms with van der Waals surface area (Å²) >= 11 is 5.56. The van der Waals surface area contributed by atoms with Crippen LogP contribution in [0.3, 0.4) is 0 Å². The average molecular weight is 2400 g/mol. The molecule has 0 fully saturated rings. The predicted molar refractivity (Wildman–Crippen MR) is 568 cm³/mol. The minimum absolute atomic E-state index is 0. The smallest absolute Gasteiger partial charge is 0.162 e. The van der Waals surface area contributed by atoms with Gasteiger partial charge in [0.25, 0.3) is 0 Å². The van der Waals surface area contributed by atoms with Crippen molar-refractivity contribution >= 4 is 81.6 Å². The number of aryl methyl sites for hydroxylation is 6. The molecule has 9 nitrogen and oxygen atoms in total. The third-order valence-electron chi connectivity index (χ3n) is 25.2. The Hall–Kier alpha value is -7.77. The Morgan fingerprint density at radius 1 is 0.343 bits per heavy atom. The molecule has 0 unspecified atom stereocenters. The van der Waals surface area contributed by atoms with E-state index in [9.17, 15) is 29.7 Å². The number of benzene rings is 6. The first-order chi connectivity index (χ1) is 62.0. The van der Waals surface area contributed by atoms with E-state index < -0.39 is 0 Å². The molecule has 0 amide bonds. The SMILES string of the molecule is CCC(CC)C(=O)C=C(O)C(CC)CC.CCC(CC)C(=O)C=C(O)C(CC)CC.CCC(CC)C(=O)C=C(O)C(CC)CC.Cc1[c-]c(-c2cc3sc(-c4c(C(C)C)cccc4C(C)C)cc3cn2)cc(C)c1.Cc1[c-]c(-c2cc3sc(-c4cc(C(C)(C)C)cc(C(C)(C)C)c4)cc3cn2)cc(C)c1.Cc1[c-]c(-c2cc3sc(-c4ccc(C(C)C)cc4)cc3cn2)cc(C)c1.[Ir].[Ir].[Ir]. The Labute approximate surface area is 859 Å². The van der Waals surface area contributed by atoms with Crippen molar-refractivity contribution in [1.82, 2.24) is 15.0 Å². The fourth-order valence-corrected chi connectivity index (χ4v) is 19.9. The summed E-state index contributed by atoms with van der Waals surface area (Å²) in [6, 6.07) is 59.6. The number of nitrogens with zero attached hydrogens (tertiary/aromatic N) is 3. The molecule has 6 aromatic carbocycles. The van der Waals surface area contributed by atoms with Crippen LogP contribution in [0.1, 0.15) is 322 Å². The second kappa shape index (κ2) is 56.3. The third kappa shape index (κ3) is 34.1. The van der Waals surface area contributed by atoms with Crippen LogP contribution in [0, 0.1) is 95.2 Å². The van der Waals surface area contributed by atoms with E-state index in [1.54, 1.807) is 0 Å². The molecule has 0 saturated heterocycles. The van der Waals surface area contributed by atoms with Crippen LogP contribution in [0.4, 0.5) is 0 Å². The first-order valence-electron chi connectivity index (χ1n) is 48.5. The van der Waals surface area contributed by atoms with Crippen molar-refractivity contribution in [2.45, 2.75) is 313 Å². The van der Waals surface area contributed by atoms with E-state index in [0.717, 1.165) is 128 Å². The van der Waals surface area contributed by atoms with E-state index in [0.29, 0.717) is 17.8 Å². The van der Waals surface area contributed by atoms with Crippen molar-refractivity contribution in [3.8, 4) is 65.1 Å². The van der Waals surface area contributed by atoms with Gasteiger partial charge in [-0.05, 0) is 198 Å². The van der Waals surface area contributed by atoms with Gasteiger partial charge in [0, 0.05) is 178 Å². The van der Waals surface area contributed by atoms with Gasteiger partial charge in [-0.25, -0.2) is 0 Å². The van der Waals surface area contributed by atoms with Crippen LogP contribution < -0.4 is 0 Å². The molecule has 0 aliphatic carbocycles. The molecular weight excluding hydrogens is 2240 g/mol.